The highest BCUT2D eigenvalue weighted by Gasteiger charge is 2.44. The van der Waals surface area contributed by atoms with Crippen molar-refractivity contribution in [3.8, 4) is 0 Å². The minimum Gasteiger partial charge on any atom is -0.468 e. The van der Waals surface area contributed by atoms with Crippen LogP contribution in [0.2, 0.25) is 0 Å². The van der Waals surface area contributed by atoms with Crippen molar-refractivity contribution in [1.82, 2.24) is 10.2 Å². The Morgan fingerprint density at radius 1 is 1.25 bits per heavy atom. The van der Waals surface area contributed by atoms with Gasteiger partial charge in [-0.2, -0.15) is 0 Å². The lowest BCUT2D eigenvalue weighted by Gasteiger charge is -2.38. The Morgan fingerprint density at radius 3 is 2.68 bits per heavy atom. The lowest BCUT2D eigenvalue weighted by atomic mass is 9.76. The van der Waals surface area contributed by atoms with E-state index in [0.717, 1.165) is 31.2 Å². The second-order valence-electron chi connectivity index (χ2n) is 7.44. The van der Waals surface area contributed by atoms with Gasteiger partial charge < -0.3 is 19.4 Å². The molecule has 1 spiro atoms. The van der Waals surface area contributed by atoms with Crippen LogP contribution in [0.1, 0.15) is 29.6 Å². The van der Waals surface area contributed by atoms with Crippen LogP contribution < -0.4 is 10.9 Å². The van der Waals surface area contributed by atoms with E-state index in [1.54, 1.807) is 23.1 Å². The van der Waals surface area contributed by atoms with Crippen LogP contribution in [0.25, 0.3) is 11.0 Å². The topological polar surface area (TPSA) is 88.8 Å². The van der Waals surface area contributed by atoms with Crippen LogP contribution in [-0.2, 0) is 9.53 Å². The summed E-state index contributed by atoms with van der Waals surface area (Å²) >= 11 is 0. The van der Waals surface area contributed by atoms with E-state index in [0.29, 0.717) is 18.7 Å². The number of likely N-dealkylation sites (tertiary alicyclic amines) is 1. The zero-order valence-corrected chi connectivity index (χ0v) is 16.4. The molecule has 7 nitrogen and oxygen atoms in total. The molecule has 150 valence electrons. The number of ether oxygens (including phenoxy) is 1. The molecule has 1 atom stereocenters. The molecule has 2 aromatic rings. The number of hydrogen-bond donors (Lipinski definition) is 1. The largest absolute Gasteiger partial charge is 0.468 e. The highest BCUT2D eigenvalue weighted by Crippen LogP contribution is 2.39. The molecule has 0 saturated carbocycles. The molecule has 1 aromatic carbocycles. The second-order valence-corrected chi connectivity index (χ2v) is 7.44. The first-order chi connectivity index (χ1) is 13.0. The summed E-state index contributed by atoms with van der Waals surface area (Å²) in [7, 11) is 1.39. The third kappa shape index (κ3) is 3.64. The van der Waals surface area contributed by atoms with Crippen molar-refractivity contribution >= 4 is 35.3 Å². The molecule has 8 heteroatoms. The molecule has 2 aliphatic heterocycles. The summed E-state index contributed by atoms with van der Waals surface area (Å²) in [6, 6.07) is 8.49. The van der Waals surface area contributed by atoms with E-state index in [9.17, 15) is 14.4 Å². The van der Waals surface area contributed by atoms with Gasteiger partial charge in [0.15, 0.2) is 0 Å². The maximum Gasteiger partial charge on any atom is 0.349 e. The molecule has 28 heavy (non-hydrogen) atoms. The number of piperidine rings is 1. The molecule has 0 bridgehead atoms. The van der Waals surface area contributed by atoms with Gasteiger partial charge in [0, 0.05) is 25.0 Å². The number of methoxy groups -OCH3 is 1. The van der Waals surface area contributed by atoms with Crippen LogP contribution in [0, 0.1) is 5.41 Å². The summed E-state index contributed by atoms with van der Waals surface area (Å²) in [5.74, 6) is -0.529. The molecule has 1 N–H and O–H groups in total. The van der Waals surface area contributed by atoms with E-state index in [4.69, 9.17) is 9.15 Å². The summed E-state index contributed by atoms with van der Waals surface area (Å²) in [5, 5.41) is 3.96. The summed E-state index contributed by atoms with van der Waals surface area (Å²) in [6.45, 7) is 1.86. The van der Waals surface area contributed by atoms with Crippen molar-refractivity contribution in [3.63, 3.8) is 0 Å². The fourth-order valence-corrected chi connectivity index (χ4v) is 4.17. The number of nitrogens with zero attached hydrogens (tertiary/aromatic N) is 1. The van der Waals surface area contributed by atoms with Gasteiger partial charge in [-0.1, -0.05) is 18.2 Å². The van der Waals surface area contributed by atoms with E-state index in [1.807, 2.05) is 12.1 Å². The Labute approximate surface area is 168 Å². The SMILES string of the molecule is COC(=O)C1CC2(CCN(C(=O)c3cc4ccccc4oc3=O)CC2)CN1.Cl. The maximum absolute atomic E-state index is 12.9. The van der Waals surface area contributed by atoms with Gasteiger partial charge in [-0.3, -0.25) is 9.59 Å². The van der Waals surface area contributed by atoms with Crippen LogP contribution in [0.15, 0.2) is 39.5 Å². The Bertz CT molecular complexity index is 949. The Morgan fingerprint density at radius 2 is 1.96 bits per heavy atom. The van der Waals surface area contributed by atoms with E-state index in [1.165, 1.54) is 7.11 Å². The van der Waals surface area contributed by atoms with Gasteiger partial charge in [0.2, 0.25) is 0 Å². The van der Waals surface area contributed by atoms with Crippen LogP contribution in [0.3, 0.4) is 0 Å². The van der Waals surface area contributed by atoms with Gasteiger partial charge in [-0.05, 0) is 36.8 Å². The fraction of sp³-hybridized carbons (Fsp3) is 0.450. The molecule has 1 unspecified atom stereocenters. The number of esters is 1. The van der Waals surface area contributed by atoms with Gasteiger partial charge in [-0.25, -0.2) is 4.79 Å². The highest BCUT2D eigenvalue weighted by atomic mass is 35.5. The number of rotatable bonds is 2. The zero-order valence-electron chi connectivity index (χ0n) is 15.6. The van der Waals surface area contributed by atoms with Crippen LogP contribution in [-0.4, -0.2) is 49.6 Å². The highest BCUT2D eigenvalue weighted by molar-refractivity contribution is 5.96. The third-order valence-electron chi connectivity index (χ3n) is 5.83. The van der Waals surface area contributed by atoms with Crippen molar-refractivity contribution in [3.05, 3.63) is 46.3 Å². The quantitative estimate of drug-likeness (QED) is 0.606. The maximum atomic E-state index is 12.9. The van der Waals surface area contributed by atoms with Crippen molar-refractivity contribution < 1.29 is 18.7 Å². The summed E-state index contributed by atoms with van der Waals surface area (Å²) in [6.07, 6.45) is 2.30. The molecule has 1 amide bonds. The summed E-state index contributed by atoms with van der Waals surface area (Å²) in [4.78, 5) is 38.6. The van der Waals surface area contributed by atoms with Gasteiger partial charge >= 0.3 is 11.6 Å². The second kappa shape index (κ2) is 7.93. The standard InChI is InChI=1S/C20H22N2O5.ClH/c1-26-19(25)15-11-20(12-21-15)6-8-22(9-7-20)17(23)14-10-13-4-2-3-5-16(13)27-18(14)24;/h2-5,10,15,21H,6-9,11-12H2,1H3;1H. The normalized spacial score (nSPS) is 20.8. The molecule has 2 fully saturated rings. The lowest BCUT2D eigenvalue weighted by Crippen LogP contribution is -2.45. The first-order valence-corrected chi connectivity index (χ1v) is 9.15. The number of para-hydroxylation sites is 1. The van der Waals surface area contributed by atoms with Crippen LogP contribution in [0.5, 0.6) is 0 Å². The minimum atomic E-state index is -0.604. The Hall–Kier alpha value is -2.38. The van der Waals surface area contributed by atoms with Gasteiger partial charge in [0.05, 0.1) is 7.11 Å². The predicted molar refractivity (Wildman–Crippen MR) is 106 cm³/mol. The van der Waals surface area contributed by atoms with Gasteiger partial charge in [0.1, 0.15) is 17.2 Å². The molecule has 0 aliphatic carbocycles. The fourth-order valence-electron chi connectivity index (χ4n) is 4.17. The van der Waals surface area contributed by atoms with Crippen molar-refractivity contribution in [2.45, 2.75) is 25.3 Å². The number of nitrogens with one attached hydrogen (secondary N) is 1. The van der Waals surface area contributed by atoms with E-state index in [-0.39, 0.29) is 41.3 Å². The van der Waals surface area contributed by atoms with Gasteiger partial charge in [-0.15, -0.1) is 12.4 Å². The third-order valence-corrected chi connectivity index (χ3v) is 5.83. The van der Waals surface area contributed by atoms with Crippen molar-refractivity contribution in [1.29, 1.82) is 0 Å². The Kier molecular flexibility index (Phi) is 5.76. The van der Waals surface area contributed by atoms with E-state index >= 15 is 0 Å². The van der Waals surface area contributed by atoms with Crippen molar-refractivity contribution in [2.75, 3.05) is 26.7 Å². The minimum absolute atomic E-state index is 0. The van der Waals surface area contributed by atoms with Gasteiger partial charge in [0.25, 0.3) is 5.91 Å². The lowest BCUT2D eigenvalue weighted by molar-refractivity contribution is -0.142. The number of amides is 1. The monoisotopic (exact) mass is 406 g/mol. The molecule has 0 radical (unpaired) electrons. The van der Waals surface area contributed by atoms with Crippen molar-refractivity contribution in [2.24, 2.45) is 5.41 Å². The first-order valence-electron chi connectivity index (χ1n) is 9.15. The molecule has 3 heterocycles. The predicted octanol–water partition coefficient (Wildman–Crippen LogP) is 1.97. The molecule has 2 aliphatic rings. The van der Waals surface area contributed by atoms with E-state index in [2.05, 4.69) is 5.32 Å². The zero-order chi connectivity index (χ0) is 19.0. The first kappa shape index (κ1) is 20.4. The number of carbonyl (C=O) groups is 2. The van der Waals surface area contributed by atoms with E-state index < -0.39 is 5.63 Å². The summed E-state index contributed by atoms with van der Waals surface area (Å²) < 4.78 is 10.1. The summed E-state index contributed by atoms with van der Waals surface area (Å²) in [5.41, 5.74) is -0.0552. The molecule has 4 rings (SSSR count). The molecule has 2 saturated heterocycles. The number of hydrogen-bond acceptors (Lipinski definition) is 6. The molecular formula is C20H23ClN2O5. The number of carbonyl (C=O) groups excluding carboxylic acids is 2. The van der Waals surface area contributed by atoms with Crippen LogP contribution >= 0.6 is 12.4 Å². The average molecular weight is 407 g/mol. The Balaban J connectivity index is 0.00000225. The number of benzene rings is 1. The average Bonchev–Trinajstić information content (AvgIpc) is 3.10. The molecular weight excluding hydrogens is 384 g/mol. The number of halogens is 1. The molecule has 1 aromatic heterocycles. The number of fused-ring (bicyclic) bond motifs is 1. The smallest absolute Gasteiger partial charge is 0.349 e. The van der Waals surface area contributed by atoms with Crippen LogP contribution in [0.4, 0.5) is 0 Å².